The van der Waals surface area contributed by atoms with Gasteiger partial charge in [-0.1, -0.05) is 42.5 Å². The third-order valence-corrected chi connectivity index (χ3v) is 4.12. The molecule has 0 aromatic heterocycles. The van der Waals surface area contributed by atoms with Crippen LogP contribution in [-0.2, 0) is 13.0 Å². The molecule has 0 spiro atoms. The predicted molar refractivity (Wildman–Crippen MR) is 86.0 cm³/mol. The Morgan fingerprint density at radius 1 is 1.00 bits per heavy atom. The van der Waals surface area contributed by atoms with Crippen molar-refractivity contribution in [2.24, 2.45) is 0 Å². The molecule has 0 radical (unpaired) electrons. The Hall–Kier alpha value is -1.71. The van der Waals surface area contributed by atoms with Crippen molar-refractivity contribution in [2.75, 3.05) is 6.54 Å². The van der Waals surface area contributed by atoms with Gasteiger partial charge < -0.3 is 5.11 Å². The van der Waals surface area contributed by atoms with E-state index in [0.717, 1.165) is 17.7 Å². The molecule has 2 nitrogen and oxygen atoms in total. The number of benzene rings is 2. The van der Waals surface area contributed by atoms with Gasteiger partial charge in [-0.05, 0) is 42.5 Å². The van der Waals surface area contributed by atoms with Gasteiger partial charge >= 0.3 is 0 Å². The van der Waals surface area contributed by atoms with Crippen molar-refractivity contribution >= 4 is 0 Å². The molecular formula is C19H22FNO. The van der Waals surface area contributed by atoms with Gasteiger partial charge in [-0.2, -0.15) is 0 Å². The lowest BCUT2D eigenvalue weighted by Gasteiger charge is -2.25. The molecule has 1 aliphatic rings. The summed E-state index contributed by atoms with van der Waals surface area (Å²) < 4.78 is 13.0. The number of aliphatic hydroxyl groups is 1. The van der Waals surface area contributed by atoms with Crippen LogP contribution in [0.5, 0.6) is 0 Å². The first-order valence-corrected chi connectivity index (χ1v) is 7.91. The van der Waals surface area contributed by atoms with Gasteiger partial charge in [0, 0.05) is 19.1 Å². The van der Waals surface area contributed by atoms with E-state index in [0.29, 0.717) is 19.0 Å². The number of hydrogen-bond donors (Lipinski definition) is 1. The van der Waals surface area contributed by atoms with E-state index in [1.54, 1.807) is 0 Å². The highest BCUT2D eigenvalue weighted by atomic mass is 19.1. The van der Waals surface area contributed by atoms with Crippen LogP contribution in [0.2, 0.25) is 0 Å². The first-order chi connectivity index (χ1) is 10.7. The van der Waals surface area contributed by atoms with Crippen LogP contribution in [0, 0.1) is 5.82 Å². The SMILES string of the molecule is OC(Cc1ccccc1)CN(Cc1ccc(F)cc1)C1CC1. The summed E-state index contributed by atoms with van der Waals surface area (Å²) in [6.07, 6.45) is 2.69. The van der Waals surface area contributed by atoms with E-state index in [4.69, 9.17) is 0 Å². The minimum atomic E-state index is -0.372. The third-order valence-electron chi connectivity index (χ3n) is 4.12. The molecule has 1 aliphatic carbocycles. The van der Waals surface area contributed by atoms with Crippen molar-refractivity contribution in [1.82, 2.24) is 4.90 Å². The van der Waals surface area contributed by atoms with Crippen molar-refractivity contribution in [3.63, 3.8) is 0 Å². The van der Waals surface area contributed by atoms with Crippen LogP contribution in [0.15, 0.2) is 54.6 Å². The van der Waals surface area contributed by atoms with E-state index in [9.17, 15) is 9.50 Å². The average molecular weight is 299 g/mol. The van der Waals surface area contributed by atoms with Crippen LogP contribution < -0.4 is 0 Å². The lowest BCUT2D eigenvalue weighted by Crippen LogP contribution is -2.34. The van der Waals surface area contributed by atoms with Gasteiger partial charge in [0.15, 0.2) is 0 Å². The second-order valence-corrected chi connectivity index (χ2v) is 6.13. The maximum Gasteiger partial charge on any atom is 0.123 e. The molecule has 3 heteroatoms. The van der Waals surface area contributed by atoms with Crippen LogP contribution in [0.3, 0.4) is 0 Å². The van der Waals surface area contributed by atoms with Crippen LogP contribution in [0.4, 0.5) is 4.39 Å². The summed E-state index contributed by atoms with van der Waals surface area (Å²) in [5.74, 6) is -0.203. The summed E-state index contributed by atoms with van der Waals surface area (Å²) in [6.45, 7) is 1.44. The van der Waals surface area contributed by atoms with E-state index in [1.807, 2.05) is 42.5 Å². The summed E-state index contributed by atoms with van der Waals surface area (Å²) >= 11 is 0. The van der Waals surface area contributed by atoms with Crippen LogP contribution >= 0.6 is 0 Å². The first-order valence-electron chi connectivity index (χ1n) is 7.91. The second kappa shape index (κ2) is 7.03. The minimum Gasteiger partial charge on any atom is -0.391 e. The molecule has 0 saturated heterocycles. The zero-order valence-electron chi connectivity index (χ0n) is 12.7. The predicted octanol–water partition coefficient (Wildman–Crippen LogP) is 3.39. The summed E-state index contributed by atoms with van der Waals surface area (Å²) in [6, 6.07) is 17.3. The lowest BCUT2D eigenvalue weighted by molar-refractivity contribution is 0.104. The van der Waals surface area contributed by atoms with Crippen LogP contribution in [0.1, 0.15) is 24.0 Å². The van der Waals surface area contributed by atoms with E-state index in [1.165, 1.54) is 25.0 Å². The number of halogens is 1. The molecule has 1 atom stereocenters. The smallest absolute Gasteiger partial charge is 0.123 e. The molecule has 1 unspecified atom stereocenters. The normalized spacial score (nSPS) is 16.0. The molecule has 2 aromatic carbocycles. The Kier molecular flexibility index (Phi) is 4.86. The number of hydrogen-bond acceptors (Lipinski definition) is 2. The number of aliphatic hydroxyl groups excluding tert-OH is 1. The molecule has 1 N–H and O–H groups in total. The van der Waals surface area contributed by atoms with Gasteiger partial charge in [-0.25, -0.2) is 4.39 Å². The maximum absolute atomic E-state index is 13.0. The molecule has 0 amide bonds. The molecule has 3 rings (SSSR count). The fourth-order valence-electron chi connectivity index (χ4n) is 2.83. The van der Waals surface area contributed by atoms with Gasteiger partial charge in [0.2, 0.25) is 0 Å². The highest BCUT2D eigenvalue weighted by Gasteiger charge is 2.30. The fraction of sp³-hybridized carbons (Fsp3) is 0.368. The second-order valence-electron chi connectivity index (χ2n) is 6.13. The Labute approximate surface area is 131 Å². The van der Waals surface area contributed by atoms with Gasteiger partial charge in [0.05, 0.1) is 6.10 Å². The van der Waals surface area contributed by atoms with Crippen molar-refractivity contribution in [3.8, 4) is 0 Å². The first kappa shape index (κ1) is 15.2. The molecule has 1 fully saturated rings. The molecule has 22 heavy (non-hydrogen) atoms. The molecular weight excluding hydrogens is 277 g/mol. The summed E-state index contributed by atoms with van der Waals surface area (Å²) in [5, 5.41) is 10.4. The average Bonchev–Trinajstić information content (AvgIpc) is 3.34. The highest BCUT2D eigenvalue weighted by molar-refractivity contribution is 5.17. The van der Waals surface area contributed by atoms with Crippen molar-refractivity contribution in [1.29, 1.82) is 0 Å². The standard InChI is InChI=1S/C19H22FNO/c20-17-8-6-16(7-9-17)13-21(18-10-11-18)14-19(22)12-15-4-2-1-3-5-15/h1-9,18-19,22H,10-14H2. The highest BCUT2D eigenvalue weighted by Crippen LogP contribution is 2.28. The van der Waals surface area contributed by atoms with Gasteiger partial charge in [-0.15, -0.1) is 0 Å². The summed E-state index contributed by atoms with van der Waals surface area (Å²) in [5.41, 5.74) is 2.26. The van der Waals surface area contributed by atoms with Crippen molar-refractivity contribution in [2.45, 2.75) is 38.0 Å². The topological polar surface area (TPSA) is 23.5 Å². The quantitative estimate of drug-likeness (QED) is 0.847. The van der Waals surface area contributed by atoms with E-state index >= 15 is 0 Å². The minimum absolute atomic E-state index is 0.203. The third kappa shape index (κ3) is 4.39. The maximum atomic E-state index is 13.0. The Bertz CT molecular complexity index is 580. The lowest BCUT2D eigenvalue weighted by atomic mass is 10.1. The molecule has 0 aliphatic heterocycles. The Balaban J connectivity index is 1.58. The molecule has 2 aromatic rings. The van der Waals surface area contributed by atoms with Gasteiger partial charge in [0.25, 0.3) is 0 Å². The zero-order chi connectivity index (χ0) is 15.4. The number of rotatable bonds is 7. The van der Waals surface area contributed by atoms with E-state index < -0.39 is 0 Å². The van der Waals surface area contributed by atoms with Gasteiger partial charge in [-0.3, -0.25) is 4.90 Å². The molecule has 0 heterocycles. The van der Waals surface area contributed by atoms with Crippen molar-refractivity contribution < 1.29 is 9.50 Å². The van der Waals surface area contributed by atoms with Crippen LogP contribution in [0.25, 0.3) is 0 Å². The Morgan fingerprint density at radius 3 is 2.32 bits per heavy atom. The molecule has 1 saturated carbocycles. The molecule has 0 bridgehead atoms. The molecule has 116 valence electrons. The van der Waals surface area contributed by atoms with E-state index in [2.05, 4.69) is 4.90 Å². The largest absolute Gasteiger partial charge is 0.391 e. The number of nitrogens with zero attached hydrogens (tertiary/aromatic N) is 1. The van der Waals surface area contributed by atoms with Gasteiger partial charge in [0.1, 0.15) is 5.82 Å². The summed E-state index contributed by atoms with van der Waals surface area (Å²) in [4.78, 5) is 2.32. The fourth-order valence-corrected chi connectivity index (χ4v) is 2.83. The van der Waals surface area contributed by atoms with E-state index in [-0.39, 0.29) is 11.9 Å². The zero-order valence-corrected chi connectivity index (χ0v) is 12.7. The summed E-state index contributed by atoms with van der Waals surface area (Å²) in [7, 11) is 0. The van der Waals surface area contributed by atoms with Crippen molar-refractivity contribution in [3.05, 3.63) is 71.5 Å². The van der Waals surface area contributed by atoms with Crippen LogP contribution in [-0.4, -0.2) is 28.7 Å². The Morgan fingerprint density at radius 2 is 1.68 bits per heavy atom. The monoisotopic (exact) mass is 299 g/mol.